The van der Waals surface area contributed by atoms with Crippen LogP contribution in [0.15, 0.2) is 30.5 Å². The number of rotatable bonds is 6. The van der Waals surface area contributed by atoms with Crippen LogP contribution in [-0.4, -0.2) is 35.5 Å². The van der Waals surface area contributed by atoms with Gasteiger partial charge in [-0.15, -0.1) is 0 Å². The monoisotopic (exact) mass is 385 g/mol. The van der Waals surface area contributed by atoms with Gasteiger partial charge >= 0.3 is 12.0 Å². The van der Waals surface area contributed by atoms with Crippen LogP contribution in [0.2, 0.25) is 0 Å². The maximum Gasteiger partial charge on any atom is 0.321 e. The van der Waals surface area contributed by atoms with E-state index >= 15 is 0 Å². The average molecular weight is 385 g/mol. The van der Waals surface area contributed by atoms with Crippen LogP contribution in [0.5, 0.6) is 0 Å². The van der Waals surface area contributed by atoms with Crippen LogP contribution in [0, 0.1) is 5.92 Å². The lowest BCUT2D eigenvalue weighted by Crippen LogP contribution is -2.48. The maximum atomic E-state index is 11.9. The summed E-state index contributed by atoms with van der Waals surface area (Å²) < 4.78 is 4.98. The van der Waals surface area contributed by atoms with Gasteiger partial charge in [0.15, 0.2) is 6.61 Å². The highest BCUT2D eigenvalue weighted by atomic mass is 16.5. The molecule has 28 heavy (non-hydrogen) atoms. The van der Waals surface area contributed by atoms with E-state index in [9.17, 15) is 14.4 Å². The van der Waals surface area contributed by atoms with Gasteiger partial charge in [-0.1, -0.05) is 38.0 Å². The molecule has 0 saturated heterocycles. The predicted molar refractivity (Wildman–Crippen MR) is 106 cm³/mol. The molecule has 3 amide bonds. The molecule has 1 aliphatic rings. The molecule has 1 aliphatic carbocycles. The molecular formula is C21H27N3O4. The first-order valence-electron chi connectivity index (χ1n) is 9.84. The van der Waals surface area contributed by atoms with Gasteiger partial charge in [-0.3, -0.25) is 14.9 Å². The Morgan fingerprint density at radius 3 is 2.79 bits per heavy atom. The first kappa shape index (κ1) is 19.9. The minimum atomic E-state index is -0.624. The fourth-order valence-corrected chi connectivity index (χ4v) is 3.69. The summed E-state index contributed by atoms with van der Waals surface area (Å²) in [6.07, 6.45) is 6.82. The fraction of sp³-hybridized carbons (Fsp3) is 0.476. The van der Waals surface area contributed by atoms with Crippen LogP contribution >= 0.6 is 0 Å². The van der Waals surface area contributed by atoms with E-state index in [1.165, 1.54) is 6.42 Å². The number of carbonyl (C=O) groups excluding carboxylic acids is 3. The second-order valence-electron chi connectivity index (χ2n) is 7.41. The number of para-hydroxylation sites is 1. The Morgan fingerprint density at radius 2 is 1.96 bits per heavy atom. The highest BCUT2D eigenvalue weighted by Crippen LogP contribution is 2.23. The molecule has 1 fully saturated rings. The van der Waals surface area contributed by atoms with Crippen molar-refractivity contribution in [3.05, 3.63) is 36.0 Å². The normalized spacial score (nSPS) is 19.2. The summed E-state index contributed by atoms with van der Waals surface area (Å²) in [6.45, 7) is 1.64. The molecule has 1 aromatic heterocycles. The Morgan fingerprint density at radius 1 is 1.18 bits per heavy atom. The van der Waals surface area contributed by atoms with Crippen LogP contribution < -0.4 is 10.6 Å². The number of hydrogen-bond donors (Lipinski definition) is 3. The fourth-order valence-electron chi connectivity index (χ4n) is 3.69. The van der Waals surface area contributed by atoms with E-state index in [1.54, 1.807) is 0 Å². The van der Waals surface area contributed by atoms with Crippen molar-refractivity contribution >= 4 is 28.8 Å². The van der Waals surface area contributed by atoms with E-state index in [1.807, 2.05) is 30.5 Å². The second-order valence-corrected chi connectivity index (χ2v) is 7.41. The van der Waals surface area contributed by atoms with Gasteiger partial charge in [0.05, 0.1) is 0 Å². The Kier molecular flexibility index (Phi) is 6.68. The van der Waals surface area contributed by atoms with E-state index in [0.717, 1.165) is 35.7 Å². The van der Waals surface area contributed by atoms with E-state index in [0.29, 0.717) is 12.3 Å². The number of ether oxygens (including phenoxy) is 1. The molecule has 2 atom stereocenters. The molecule has 150 valence electrons. The predicted octanol–water partition coefficient (Wildman–Crippen LogP) is 3.05. The van der Waals surface area contributed by atoms with Crippen molar-refractivity contribution in [3.63, 3.8) is 0 Å². The largest absolute Gasteiger partial charge is 0.456 e. The number of fused-ring (bicyclic) bond motifs is 1. The number of nitrogens with one attached hydrogen (secondary N) is 3. The van der Waals surface area contributed by atoms with Crippen LogP contribution in [0.25, 0.3) is 10.9 Å². The molecule has 1 heterocycles. The van der Waals surface area contributed by atoms with Crippen molar-refractivity contribution in [1.29, 1.82) is 0 Å². The van der Waals surface area contributed by atoms with Gasteiger partial charge in [-0.05, 0) is 36.8 Å². The van der Waals surface area contributed by atoms with Gasteiger partial charge in [-0.25, -0.2) is 4.79 Å². The smallest absolute Gasteiger partial charge is 0.321 e. The third kappa shape index (κ3) is 5.34. The first-order valence-corrected chi connectivity index (χ1v) is 9.84. The molecule has 7 heteroatoms. The Bertz CT molecular complexity index is 845. The molecule has 0 unspecified atom stereocenters. The maximum absolute atomic E-state index is 11.9. The lowest BCUT2D eigenvalue weighted by Gasteiger charge is -2.29. The Hall–Kier alpha value is -2.83. The minimum Gasteiger partial charge on any atom is -0.456 e. The summed E-state index contributed by atoms with van der Waals surface area (Å²) >= 11 is 0. The molecule has 2 aromatic rings. The molecule has 0 aliphatic heterocycles. The SMILES string of the molecule is C[C@@H]1CCCC[C@H]1NC(=O)NC(=O)COC(=O)CCc1c[nH]c2ccccc12. The molecular weight excluding hydrogens is 358 g/mol. The zero-order valence-corrected chi connectivity index (χ0v) is 16.1. The number of urea groups is 1. The number of carbonyl (C=O) groups is 3. The number of amides is 3. The van der Waals surface area contributed by atoms with Crippen molar-refractivity contribution in [1.82, 2.24) is 15.6 Å². The summed E-state index contributed by atoms with van der Waals surface area (Å²) in [7, 11) is 0. The van der Waals surface area contributed by atoms with Gasteiger partial charge in [0.25, 0.3) is 5.91 Å². The van der Waals surface area contributed by atoms with Crippen molar-refractivity contribution in [2.45, 2.75) is 51.5 Å². The number of H-pyrrole nitrogens is 1. The molecule has 0 spiro atoms. The van der Waals surface area contributed by atoms with Crippen molar-refractivity contribution < 1.29 is 19.1 Å². The highest BCUT2D eigenvalue weighted by molar-refractivity contribution is 5.95. The Balaban J connectivity index is 1.36. The number of aromatic nitrogens is 1. The number of aromatic amines is 1. The summed E-state index contributed by atoms with van der Waals surface area (Å²) in [5.74, 6) is -0.694. The zero-order chi connectivity index (χ0) is 19.9. The highest BCUT2D eigenvalue weighted by Gasteiger charge is 2.23. The summed E-state index contributed by atoms with van der Waals surface area (Å²) in [5, 5.41) is 6.13. The number of hydrogen-bond acceptors (Lipinski definition) is 4. The van der Waals surface area contributed by atoms with Gasteiger partial charge in [0.1, 0.15) is 0 Å². The molecule has 1 aromatic carbocycles. The third-order valence-electron chi connectivity index (χ3n) is 5.32. The average Bonchev–Trinajstić information content (AvgIpc) is 3.10. The van der Waals surface area contributed by atoms with Crippen LogP contribution in [0.1, 0.15) is 44.6 Å². The van der Waals surface area contributed by atoms with Gasteiger partial charge < -0.3 is 15.0 Å². The number of imide groups is 1. The van der Waals surface area contributed by atoms with E-state index in [2.05, 4.69) is 22.5 Å². The summed E-state index contributed by atoms with van der Waals surface area (Å²) in [6, 6.07) is 7.41. The lowest BCUT2D eigenvalue weighted by atomic mass is 9.86. The quantitative estimate of drug-likeness (QED) is 0.665. The van der Waals surface area contributed by atoms with Crippen LogP contribution in [0.3, 0.4) is 0 Å². The minimum absolute atomic E-state index is 0.0836. The van der Waals surface area contributed by atoms with Crippen LogP contribution in [0.4, 0.5) is 4.79 Å². The second kappa shape index (κ2) is 9.39. The van der Waals surface area contributed by atoms with Crippen molar-refractivity contribution in [2.24, 2.45) is 5.92 Å². The van der Waals surface area contributed by atoms with Crippen molar-refractivity contribution in [3.8, 4) is 0 Å². The summed E-state index contributed by atoms with van der Waals surface area (Å²) in [5.41, 5.74) is 2.04. The van der Waals surface area contributed by atoms with Gasteiger partial charge in [0.2, 0.25) is 0 Å². The Labute approximate surface area is 164 Å². The summed E-state index contributed by atoms with van der Waals surface area (Å²) in [4.78, 5) is 38.8. The van der Waals surface area contributed by atoms with E-state index < -0.39 is 24.5 Å². The molecule has 1 saturated carbocycles. The molecule has 7 nitrogen and oxygen atoms in total. The van der Waals surface area contributed by atoms with E-state index in [4.69, 9.17) is 4.74 Å². The third-order valence-corrected chi connectivity index (χ3v) is 5.32. The number of benzene rings is 1. The molecule has 3 N–H and O–H groups in total. The van der Waals surface area contributed by atoms with Crippen molar-refractivity contribution in [2.75, 3.05) is 6.61 Å². The topological polar surface area (TPSA) is 100 Å². The molecule has 0 bridgehead atoms. The first-order chi connectivity index (χ1) is 13.5. The van der Waals surface area contributed by atoms with Crippen LogP contribution in [-0.2, 0) is 20.7 Å². The number of aryl methyl sites for hydroxylation is 1. The molecule has 3 rings (SSSR count). The van der Waals surface area contributed by atoms with E-state index in [-0.39, 0.29) is 12.5 Å². The lowest BCUT2D eigenvalue weighted by molar-refractivity contribution is -0.148. The zero-order valence-electron chi connectivity index (χ0n) is 16.1. The van der Waals surface area contributed by atoms with Gasteiger partial charge in [-0.2, -0.15) is 0 Å². The standard InChI is InChI=1S/C21H27N3O4/c1-14-6-2-4-8-17(14)23-21(27)24-19(25)13-28-20(26)11-10-15-12-22-18-9-5-3-7-16(15)18/h3,5,7,9,12,14,17,22H,2,4,6,8,10-11,13H2,1H3,(H2,23,24,25,27)/t14-,17-/m1/s1. The number of esters is 1. The molecule has 0 radical (unpaired) electrons. The van der Waals surface area contributed by atoms with Gasteiger partial charge in [0, 0.05) is 29.6 Å².